The van der Waals surface area contributed by atoms with Gasteiger partial charge in [-0.1, -0.05) is 50.2 Å². The molecule has 5 nitrogen and oxygen atoms in total. The van der Waals surface area contributed by atoms with E-state index in [-0.39, 0.29) is 5.54 Å². The molecule has 1 atom stereocenters. The highest BCUT2D eigenvalue weighted by Crippen LogP contribution is 2.31. The molecule has 1 aromatic heterocycles. The van der Waals surface area contributed by atoms with Gasteiger partial charge in [0.05, 0.1) is 11.2 Å². The third kappa shape index (κ3) is 3.21. The monoisotopic (exact) mass is 349 g/mol. The predicted molar refractivity (Wildman–Crippen MR) is 106 cm³/mol. The van der Waals surface area contributed by atoms with Crippen LogP contribution in [0.25, 0.3) is 5.69 Å². The summed E-state index contributed by atoms with van der Waals surface area (Å²) in [5.74, 6) is 0.826. The summed E-state index contributed by atoms with van der Waals surface area (Å²) in [6.07, 6.45) is 1.79. The quantitative estimate of drug-likeness (QED) is 0.708. The zero-order chi connectivity index (χ0) is 18.7. The van der Waals surface area contributed by atoms with Crippen molar-refractivity contribution in [2.45, 2.75) is 53.0 Å². The molecule has 0 aliphatic heterocycles. The van der Waals surface area contributed by atoms with E-state index >= 15 is 0 Å². The first-order valence-corrected chi connectivity index (χ1v) is 9.21. The average molecular weight is 349 g/mol. The molecule has 2 aromatic carbocycles. The Morgan fingerprint density at radius 2 is 1.73 bits per heavy atom. The lowest BCUT2D eigenvalue weighted by molar-refractivity contribution is 0.473. The first kappa shape index (κ1) is 18.1. The van der Waals surface area contributed by atoms with E-state index in [2.05, 4.69) is 91.9 Å². The number of aryl methyl sites for hydroxylation is 3. The fourth-order valence-electron chi connectivity index (χ4n) is 3.30. The smallest absolute Gasteiger partial charge is 0.181 e. The van der Waals surface area contributed by atoms with Crippen LogP contribution in [0.15, 0.2) is 42.5 Å². The fraction of sp³-hybridized carbons (Fsp3) is 0.381. The van der Waals surface area contributed by atoms with E-state index < -0.39 is 0 Å². The van der Waals surface area contributed by atoms with Crippen molar-refractivity contribution in [1.82, 2.24) is 20.2 Å². The number of aromatic nitrogens is 4. The highest BCUT2D eigenvalue weighted by molar-refractivity contribution is 5.53. The van der Waals surface area contributed by atoms with Crippen LogP contribution in [-0.4, -0.2) is 20.2 Å². The van der Waals surface area contributed by atoms with Gasteiger partial charge in [-0.3, -0.25) is 0 Å². The molecule has 136 valence electrons. The summed E-state index contributed by atoms with van der Waals surface area (Å²) < 4.78 is 1.91. The van der Waals surface area contributed by atoms with Gasteiger partial charge >= 0.3 is 0 Å². The Morgan fingerprint density at radius 1 is 1.00 bits per heavy atom. The van der Waals surface area contributed by atoms with E-state index in [1.165, 1.54) is 16.7 Å². The zero-order valence-electron chi connectivity index (χ0n) is 16.2. The van der Waals surface area contributed by atoms with E-state index in [1.807, 2.05) is 10.7 Å². The number of hydrogen-bond acceptors (Lipinski definition) is 4. The first-order valence-electron chi connectivity index (χ1n) is 9.21. The van der Waals surface area contributed by atoms with Gasteiger partial charge in [-0.15, -0.1) is 5.10 Å². The lowest BCUT2D eigenvalue weighted by Crippen LogP contribution is -2.35. The standard InChI is InChI=1S/C21H27N5/c1-6-17-13-10-12-16(4)19(17)26-20(23-24-25-26)21(5,7-2)22-18-14-9-8-11-15(18)3/h8-14,22H,6-7H2,1-5H3/t21-/m0/s1. The van der Waals surface area contributed by atoms with Crippen LogP contribution >= 0.6 is 0 Å². The third-order valence-corrected chi connectivity index (χ3v) is 5.14. The third-order valence-electron chi connectivity index (χ3n) is 5.14. The molecule has 0 bridgehead atoms. The maximum absolute atomic E-state index is 4.42. The van der Waals surface area contributed by atoms with Crippen LogP contribution in [-0.2, 0) is 12.0 Å². The molecule has 0 saturated heterocycles. The minimum atomic E-state index is -0.386. The number of para-hydroxylation sites is 2. The molecular weight excluding hydrogens is 322 g/mol. The zero-order valence-corrected chi connectivity index (χ0v) is 16.2. The maximum Gasteiger partial charge on any atom is 0.181 e. The number of tetrazole rings is 1. The van der Waals surface area contributed by atoms with Crippen molar-refractivity contribution in [2.75, 3.05) is 5.32 Å². The molecule has 0 aliphatic rings. The van der Waals surface area contributed by atoms with Gasteiger partial charge in [0, 0.05) is 5.69 Å². The van der Waals surface area contributed by atoms with Gasteiger partial charge in [0.2, 0.25) is 0 Å². The van der Waals surface area contributed by atoms with Crippen LogP contribution in [0.2, 0.25) is 0 Å². The topological polar surface area (TPSA) is 55.6 Å². The summed E-state index contributed by atoms with van der Waals surface area (Å²) in [6.45, 7) is 10.7. The summed E-state index contributed by atoms with van der Waals surface area (Å²) in [4.78, 5) is 0. The molecule has 5 heteroatoms. The molecule has 0 spiro atoms. The van der Waals surface area contributed by atoms with Crippen molar-refractivity contribution in [1.29, 1.82) is 0 Å². The molecule has 0 unspecified atom stereocenters. The molecule has 0 radical (unpaired) electrons. The Balaban J connectivity index is 2.10. The molecule has 3 rings (SSSR count). The van der Waals surface area contributed by atoms with Crippen molar-refractivity contribution in [3.8, 4) is 5.69 Å². The Labute approximate surface area is 155 Å². The highest BCUT2D eigenvalue weighted by atomic mass is 15.6. The van der Waals surface area contributed by atoms with Crippen LogP contribution in [0, 0.1) is 13.8 Å². The number of nitrogens with one attached hydrogen (secondary N) is 1. The number of anilines is 1. The Hall–Kier alpha value is -2.69. The van der Waals surface area contributed by atoms with Crippen LogP contribution in [0.3, 0.4) is 0 Å². The Bertz CT molecular complexity index is 899. The van der Waals surface area contributed by atoms with E-state index in [4.69, 9.17) is 0 Å². The number of benzene rings is 2. The summed E-state index contributed by atoms with van der Waals surface area (Å²) in [5.41, 5.74) is 5.42. The van der Waals surface area contributed by atoms with Crippen LogP contribution in [0.4, 0.5) is 5.69 Å². The van der Waals surface area contributed by atoms with E-state index in [0.29, 0.717) is 0 Å². The van der Waals surface area contributed by atoms with Crippen LogP contribution in [0.1, 0.15) is 49.7 Å². The number of rotatable bonds is 6. The Kier molecular flexibility index (Phi) is 5.07. The summed E-state index contributed by atoms with van der Waals surface area (Å²) >= 11 is 0. The van der Waals surface area contributed by atoms with Gasteiger partial charge in [-0.25, -0.2) is 0 Å². The maximum atomic E-state index is 4.42. The van der Waals surface area contributed by atoms with Gasteiger partial charge in [0.15, 0.2) is 5.82 Å². The molecule has 1 heterocycles. The molecule has 1 N–H and O–H groups in total. The van der Waals surface area contributed by atoms with Gasteiger partial charge in [-0.05, 0) is 66.8 Å². The number of nitrogens with zero attached hydrogens (tertiary/aromatic N) is 4. The summed E-state index contributed by atoms with van der Waals surface area (Å²) in [5, 5.41) is 16.5. The molecule has 0 fully saturated rings. The fourth-order valence-corrected chi connectivity index (χ4v) is 3.30. The van der Waals surface area contributed by atoms with Gasteiger partial charge in [0.25, 0.3) is 0 Å². The van der Waals surface area contributed by atoms with Gasteiger partial charge in [0.1, 0.15) is 0 Å². The minimum Gasteiger partial charge on any atom is -0.373 e. The molecule has 26 heavy (non-hydrogen) atoms. The van der Waals surface area contributed by atoms with Crippen molar-refractivity contribution < 1.29 is 0 Å². The number of hydrogen-bond donors (Lipinski definition) is 1. The second-order valence-electron chi connectivity index (χ2n) is 6.98. The lowest BCUT2D eigenvalue weighted by Gasteiger charge is -2.30. The van der Waals surface area contributed by atoms with Gasteiger partial charge < -0.3 is 5.32 Å². The molecule has 0 saturated carbocycles. The lowest BCUT2D eigenvalue weighted by atomic mass is 9.95. The van der Waals surface area contributed by atoms with Crippen LogP contribution < -0.4 is 5.32 Å². The van der Waals surface area contributed by atoms with E-state index in [9.17, 15) is 0 Å². The Morgan fingerprint density at radius 3 is 2.42 bits per heavy atom. The second kappa shape index (κ2) is 7.28. The van der Waals surface area contributed by atoms with E-state index in [0.717, 1.165) is 30.0 Å². The van der Waals surface area contributed by atoms with Crippen molar-refractivity contribution >= 4 is 5.69 Å². The van der Waals surface area contributed by atoms with Gasteiger partial charge in [-0.2, -0.15) is 4.68 Å². The first-order chi connectivity index (χ1) is 12.5. The SMILES string of the molecule is CCc1cccc(C)c1-n1nnnc1[C@](C)(CC)Nc1ccccc1C. The molecule has 0 amide bonds. The average Bonchev–Trinajstić information content (AvgIpc) is 3.13. The van der Waals surface area contributed by atoms with Crippen LogP contribution in [0.5, 0.6) is 0 Å². The summed E-state index contributed by atoms with van der Waals surface area (Å²) in [6, 6.07) is 14.6. The minimum absolute atomic E-state index is 0.386. The van der Waals surface area contributed by atoms with Crippen molar-refractivity contribution in [3.63, 3.8) is 0 Å². The molecule has 3 aromatic rings. The highest BCUT2D eigenvalue weighted by Gasteiger charge is 2.32. The van der Waals surface area contributed by atoms with Crippen molar-refractivity contribution in [3.05, 3.63) is 65.0 Å². The summed E-state index contributed by atoms with van der Waals surface area (Å²) in [7, 11) is 0. The van der Waals surface area contributed by atoms with E-state index in [1.54, 1.807) is 0 Å². The predicted octanol–water partition coefficient (Wildman–Crippen LogP) is 4.58. The molecular formula is C21H27N5. The largest absolute Gasteiger partial charge is 0.373 e. The molecule has 0 aliphatic carbocycles. The second-order valence-corrected chi connectivity index (χ2v) is 6.98. The van der Waals surface area contributed by atoms with Crippen molar-refractivity contribution in [2.24, 2.45) is 0 Å². The normalized spacial score (nSPS) is 13.4.